The predicted octanol–water partition coefficient (Wildman–Crippen LogP) is 7.11. The molecule has 38 heavy (non-hydrogen) atoms. The van der Waals surface area contributed by atoms with Crippen molar-refractivity contribution in [2.24, 2.45) is 0 Å². The van der Waals surface area contributed by atoms with Gasteiger partial charge in [0, 0.05) is 36.1 Å². The number of aromatic nitrogens is 2. The minimum atomic E-state index is 0.0186. The number of anilines is 1. The Balaban J connectivity index is 1.27. The van der Waals surface area contributed by atoms with E-state index in [1.807, 2.05) is 84.6 Å². The lowest BCUT2D eigenvalue weighted by atomic mass is 10.1. The van der Waals surface area contributed by atoms with Gasteiger partial charge in [0.25, 0.3) is 0 Å². The van der Waals surface area contributed by atoms with Gasteiger partial charge in [-0.1, -0.05) is 48.0 Å². The second-order valence-electron chi connectivity index (χ2n) is 9.46. The molecule has 0 N–H and O–H groups in total. The Morgan fingerprint density at radius 1 is 1.05 bits per heavy atom. The number of benzene rings is 3. The maximum atomic E-state index is 13.0. The van der Waals surface area contributed by atoms with Gasteiger partial charge in [-0.05, 0) is 67.8 Å². The summed E-state index contributed by atoms with van der Waals surface area (Å²) in [7, 11) is 1.66. The van der Waals surface area contributed by atoms with Gasteiger partial charge < -0.3 is 18.9 Å². The van der Waals surface area contributed by atoms with Crippen LogP contribution in [0.4, 0.5) is 5.69 Å². The third-order valence-electron chi connectivity index (χ3n) is 6.87. The Kier molecular flexibility index (Phi) is 7.99. The van der Waals surface area contributed by atoms with Crippen LogP contribution in [-0.4, -0.2) is 35.7 Å². The zero-order valence-corrected chi connectivity index (χ0v) is 22.5. The Morgan fingerprint density at radius 3 is 2.74 bits per heavy atom. The topological polar surface area (TPSA) is 56.6 Å². The highest BCUT2D eigenvalue weighted by Crippen LogP contribution is 2.34. The third-order valence-corrected chi connectivity index (χ3v) is 7.11. The number of imidazole rings is 1. The number of carbonyl (C=O) groups excluding carboxylic acids is 1. The molecule has 2 heterocycles. The first-order valence-electron chi connectivity index (χ1n) is 13.0. The Hall–Kier alpha value is -3.77. The van der Waals surface area contributed by atoms with Crippen molar-refractivity contribution in [3.05, 3.63) is 89.2 Å². The molecule has 1 aliphatic rings. The molecule has 0 spiro atoms. The lowest BCUT2D eigenvalue weighted by Gasteiger charge is -2.18. The quantitative estimate of drug-likeness (QED) is 0.205. The number of halogens is 1. The van der Waals surface area contributed by atoms with Gasteiger partial charge in [0.05, 0.1) is 24.8 Å². The van der Waals surface area contributed by atoms with Crippen LogP contribution in [-0.2, 0) is 11.3 Å². The lowest BCUT2D eigenvalue weighted by molar-refractivity contribution is -0.117. The fraction of sp³-hybridized carbons (Fsp3) is 0.290. The molecule has 0 radical (unpaired) electrons. The first-order valence-corrected chi connectivity index (χ1v) is 13.4. The van der Waals surface area contributed by atoms with Crippen molar-refractivity contribution < 1.29 is 14.3 Å². The summed E-state index contributed by atoms with van der Waals surface area (Å²) in [5, 5.41) is 0.625. The number of methoxy groups -OCH3 is 1. The maximum Gasteiger partial charge on any atom is 0.227 e. The fourth-order valence-electron chi connectivity index (χ4n) is 5.07. The molecule has 1 atom stereocenters. The molecule has 7 heteroatoms. The third kappa shape index (κ3) is 5.55. The number of unbranched alkanes of at least 4 members (excludes halogenated alkanes) is 1. The molecule has 1 aliphatic heterocycles. The van der Waals surface area contributed by atoms with Crippen LogP contribution in [0.5, 0.6) is 11.5 Å². The van der Waals surface area contributed by atoms with Crippen LogP contribution in [0.25, 0.3) is 17.1 Å². The van der Waals surface area contributed by atoms with E-state index < -0.39 is 0 Å². The van der Waals surface area contributed by atoms with Crippen LogP contribution < -0.4 is 14.4 Å². The van der Waals surface area contributed by atoms with Crippen LogP contribution in [0.15, 0.2) is 72.8 Å². The molecule has 1 aromatic heterocycles. The van der Waals surface area contributed by atoms with Gasteiger partial charge in [-0.15, -0.1) is 0 Å². The van der Waals surface area contributed by atoms with E-state index in [1.54, 1.807) is 7.11 Å². The van der Waals surface area contributed by atoms with Gasteiger partial charge >= 0.3 is 0 Å². The van der Waals surface area contributed by atoms with Crippen LogP contribution in [0, 0.1) is 0 Å². The van der Waals surface area contributed by atoms with E-state index in [1.165, 1.54) is 0 Å². The maximum absolute atomic E-state index is 13.0. The molecule has 4 aromatic rings. The SMILES string of the molecule is C/C=C/c1ccc(OCCCCn2c(C3CC(=O)N(c4cccc(Cl)c4)C3)nc3ccccc32)c(OC)c1. The van der Waals surface area contributed by atoms with Crippen molar-refractivity contribution in [2.75, 3.05) is 25.2 Å². The van der Waals surface area contributed by atoms with E-state index in [0.29, 0.717) is 24.6 Å². The first kappa shape index (κ1) is 25.9. The standard InChI is InChI=1S/C31H32ClN3O3/c1-3-9-22-14-15-28(29(18-22)37-2)38-17-7-6-16-34-27-13-5-4-12-26(27)33-31(34)23-19-30(36)35(21-23)25-11-8-10-24(32)20-25/h3-5,8-15,18,20,23H,6-7,16-17,19,21H2,1-2H3/b9-3+. The van der Waals surface area contributed by atoms with E-state index in [-0.39, 0.29) is 11.8 Å². The van der Waals surface area contributed by atoms with E-state index in [0.717, 1.165) is 59.0 Å². The van der Waals surface area contributed by atoms with E-state index in [4.69, 9.17) is 26.1 Å². The number of amides is 1. The van der Waals surface area contributed by atoms with Gasteiger partial charge in [-0.25, -0.2) is 4.98 Å². The highest BCUT2D eigenvalue weighted by atomic mass is 35.5. The highest BCUT2D eigenvalue weighted by Gasteiger charge is 2.34. The van der Waals surface area contributed by atoms with Crippen LogP contribution in [0.1, 0.15) is 43.5 Å². The summed E-state index contributed by atoms with van der Waals surface area (Å²) in [6.45, 7) is 3.98. The molecule has 3 aromatic carbocycles. The molecule has 1 unspecified atom stereocenters. The van der Waals surface area contributed by atoms with Gasteiger partial charge in [-0.3, -0.25) is 4.79 Å². The van der Waals surface area contributed by atoms with E-state index >= 15 is 0 Å². The van der Waals surface area contributed by atoms with Gasteiger partial charge in [0.15, 0.2) is 11.5 Å². The molecular weight excluding hydrogens is 498 g/mol. The second kappa shape index (κ2) is 11.7. The monoisotopic (exact) mass is 529 g/mol. The summed E-state index contributed by atoms with van der Waals surface area (Å²) in [5.41, 5.74) is 3.96. The van der Waals surface area contributed by atoms with Gasteiger partial charge in [0.1, 0.15) is 5.82 Å². The number of rotatable bonds is 10. The Labute approximate surface area is 228 Å². The molecule has 0 bridgehead atoms. The summed E-state index contributed by atoms with van der Waals surface area (Å²) >= 11 is 6.19. The Morgan fingerprint density at radius 2 is 1.92 bits per heavy atom. The number of hydrogen-bond acceptors (Lipinski definition) is 4. The van der Waals surface area contributed by atoms with E-state index in [9.17, 15) is 4.79 Å². The number of allylic oxidation sites excluding steroid dienone is 1. The van der Waals surface area contributed by atoms with E-state index in [2.05, 4.69) is 10.6 Å². The largest absolute Gasteiger partial charge is 0.493 e. The zero-order chi connectivity index (χ0) is 26.5. The molecule has 1 saturated heterocycles. The number of aryl methyl sites for hydroxylation is 1. The van der Waals surface area contributed by atoms with Crippen LogP contribution >= 0.6 is 11.6 Å². The van der Waals surface area contributed by atoms with Crippen molar-refractivity contribution in [3.63, 3.8) is 0 Å². The van der Waals surface area contributed by atoms with Crippen LogP contribution in [0.2, 0.25) is 5.02 Å². The number of fused-ring (bicyclic) bond motifs is 1. The zero-order valence-electron chi connectivity index (χ0n) is 21.8. The summed E-state index contributed by atoms with van der Waals surface area (Å²) < 4.78 is 13.8. The molecular formula is C31H32ClN3O3. The highest BCUT2D eigenvalue weighted by molar-refractivity contribution is 6.30. The number of nitrogens with zero attached hydrogens (tertiary/aromatic N) is 3. The number of ether oxygens (including phenoxy) is 2. The predicted molar refractivity (Wildman–Crippen MR) is 153 cm³/mol. The van der Waals surface area contributed by atoms with Crippen LogP contribution in [0.3, 0.4) is 0 Å². The minimum Gasteiger partial charge on any atom is -0.493 e. The number of para-hydroxylation sites is 2. The fourth-order valence-corrected chi connectivity index (χ4v) is 5.25. The number of carbonyl (C=O) groups is 1. The smallest absolute Gasteiger partial charge is 0.227 e. The normalized spacial score (nSPS) is 15.6. The number of hydrogen-bond donors (Lipinski definition) is 0. The summed E-state index contributed by atoms with van der Waals surface area (Å²) in [4.78, 5) is 19.7. The minimum absolute atomic E-state index is 0.0186. The Bertz CT molecular complexity index is 1460. The second-order valence-corrected chi connectivity index (χ2v) is 9.90. The van der Waals surface area contributed by atoms with Crippen molar-refractivity contribution in [2.45, 2.75) is 38.6 Å². The average Bonchev–Trinajstić information content (AvgIpc) is 3.49. The molecule has 6 nitrogen and oxygen atoms in total. The first-order chi connectivity index (χ1) is 18.6. The van der Waals surface area contributed by atoms with Crippen molar-refractivity contribution in [1.29, 1.82) is 0 Å². The summed E-state index contributed by atoms with van der Waals surface area (Å²) in [5.74, 6) is 2.56. The van der Waals surface area contributed by atoms with Gasteiger partial charge in [0.2, 0.25) is 5.91 Å². The van der Waals surface area contributed by atoms with Gasteiger partial charge in [-0.2, -0.15) is 0 Å². The van der Waals surface area contributed by atoms with Crippen molar-refractivity contribution in [1.82, 2.24) is 9.55 Å². The molecule has 0 saturated carbocycles. The van der Waals surface area contributed by atoms with Crippen molar-refractivity contribution in [3.8, 4) is 11.5 Å². The molecule has 1 amide bonds. The lowest BCUT2D eigenvalue weighted by Crippen LogP contribution is -2.24. The summed E-state index contributed by atoms with van der Waals surface area (Å²) in [6.07, 6.45) is 6.27. The molecule has 1 fully saturated rings. The molecule has 0 aliphatic carbocycles. The molecule has 5 rings (SSSR count). The summed E-state index contributed by atoms with van der Waals surface area (Å²) in [6, 6.07) is 21.6. The van der Waals surface area contributed by atoms with Crippen molar-refractivity contribution >= 4 is 40.3 Å². The average molecular weight is 530 g/mol. The molecule has 196 valence electrons.